The molecule has 1 fully saturated rings. The van der Waals surface area contributed by atoms with Crippen molar-refractivity contribution in [2.45, 2.75) is 6.54 Å². The fraction of sp³-hybridized carbons (Fsp3) is 0.308. The SMILES string of the molecule is COc1nc(N2CCOCC2)c([N+](=O)[O-])cc1Nc1ncc(F)c(-n2cc(CN(C)C)c(-c3ccccc3)n2)n1. The number of hydrogen-bond donors (Lipinski definition) is 1. The van der Waals surface area contributed by atoms with Gasteiger partial charge in [0.15, 0.2) is 11.6 Å². The Bertz CT molecular complexity index is 1510. The summed E-state index contributed by atoms with van der Waals surface area (Å²) in [6, 6.07) is 10.9. The number of nitro groups is 1. The van der Waals surface area contributed by atoms with Crippen LogP contribution in [0.3, 0.4) is 0 Å². The lowest BCUT2D eigenvalue weighted by Crippen LogP contribution is -2.37. The third-order valence-electron chi connectivity index (χ3n) is 6.16. The van der Waals surface area contributed by atoms with Gasteiger partial charge in [-0.3, -0.25) is 10.1 Å². The van der Waals surface area contributed by atoms with Gasteiger partial charge < -0.3 is 24.6 Å². The predicted octanol–water partition coefficient (Wildman–Crippen LogP) is 3.42. The largest absolute Gasteiger partial charge is 0.479 e. The van der Waals surface area contributed by atoms with Crippen LogP contribution in [0.2, 0.25) is 0 Å². The van der Waals surface area contributed by atoms with Crippen molar-refractivity contribution in [3.63, 3.8) is 0 Å². The van der Waals surface area contributed by atoms with E-state index < -0.39 is 10.7 Å². The summed E-state index contributed by atoms with van der Waals surface area (Å²) in [5.41, 5.74) is 2.39. The number of hydrogen-bond acceptors (Lipinski definition) is 11. The summed E-state index contributed by atoms with van der Waals surface area (Å²) in [4.78, 5) is 27.9. The van der Waals surface area contributed by atoms with Crippen LogP contribution in [0.1, 0.15) is 5.56 Å². The van der Waals surface area contributed by atoms with Crippen molar-refractivity contribution in [3.05, 3.63) is 70.3 Å². The number of ether oxygens (including phenoxy) is 2. The lowest BCUT2D eigenvalue weighted by Gasteiger charge is -2.27. The zero-order valence-electron chi connectivity index (χ0n) is 22.2. The molecule has 0 spiro atoms. The first-order valence-corrected chi connectivity index (χ1v) is 12.5. The van der Waals surface area contributed by atoms with Gasteiger partial charge in [-0.1, -0.05) is 30.3 Å². The molecule has 4 heterocycles. The summed E-state index contributed by atoms with van der Waals surface area (Å²) < 4.78 is 27.1. The second kappa shape index (κ2) is 11.6. The van der Waals surface area contributed by atoms with E-state index in [0.717, 1.165) is 17.3 Å². The third kappa shape index (κ3) is 5.67. The van der Waals surface area contributed by atoms with E-state index in [1.54, 1.807) is 11.1 Å². The molecule has 0 bridgehead atoms. The van der Waals surface area contributed by atoms with Gasteiger partial charge in [-0.2, -0.15) is 15.1 Å². The molecule has 3 aromatic heterocycles. The Morgan fingerprint density at radius 2 is 1.93 bits per heavy atom. The third-order valence-corrected chi connectivity index (χ3v) is 6.16. The van der Waals surface area contributed by atoms with Gasteiger partial charge in [0.05, 0.1) is 37.1 Å². The van der Waals surface area contributed by atoms with E-state index in [9.17, 15) is 10.1 Å². The van der Waals surface area contributed by atoms with Crippen LogP contribution in [0.5, 0.6) is 5.88 Å². The molecule has 208 valence electrons. The van der Waals surface area contributed by atoms with Crippen LogP contribution in [0.4, 0.5) is 27.5 Å². The minimum absolute atomic E-state index is 0.0177. The zero-order chi connectivity index (χ0) is 28.2. The molecular weight excluding hydrogens is 521 g/mol. The fourth-order valence-electron chi connectivity index (χ4n) is 4.38. The van der Waals surface area contributed by atoms with Crippen molar-refractivity contribution >= 4 is 23.1 Å². The standard InChI is InChI=1S/C26H28FN9O4/c1-33(2)15-18-16-35(32-22(18)17-7-5-4-6-8-17)23-19(27)14-28-26(31-23)29-20-13-21(36(37)38)24(30-25(20)39-3)34-9-11-40-12-10-34/h4-8,13-14,16H,9-12,15H2,1-3H3,(H,28,29,31). The van der Waals surface area contributed by atoms with Crippen molar-refractivity contribution < 1.29 is 18.8 Å². The van der Waals surface area contributed by atoms with E-state index in [1.807, 2.05) is 49.3 Å². The molecule has 14 heteroatoms. The van der Waals surface area contributed by atoms with Crippen LogP contribution in [-0.4, -0.2) is 82.1 Å². The van der Waals surface area contributed by atoms with Crippen molar-refractivity contribution in [1.82, 2.24) is 29.6 Å². The molecular formula is C26H28FN9O4. The number of aromatic nitrogens is 5. The molecule has 0 radical (unpaired) electrons. The van der Waals surface area contributed by atoms with Crippen molar-refractivity contribution in [2.24, 2.45) is 0 Å². The summed E-state index contributed by atoms with van der Waals surface area (Å²) >= 11 is 0. The smallest absolute Gasteiger partial charge is 0.313 e. The molecule has 4 aromatic rings. The maximum absolute atomic E-state index is 15.0. The van der Waals surface area contributed by atoms with E-state index in [4.69, 9.17) is 9.47 Å². The fourth-order valence-corrected chi connectivity index (χ4v) is 4.38. The number of rotatable bonds is 9. The van der Waals surface area contributed by atoms with Crippen LogP contribution in [0.15, 0.2) is 48.8 Å². The van der Waals surface area contributed by atoms with Crippen molar-refractivity contribution in [2.75, 3.05) is 57.7 Å². The summed E-state index contributed by atoms with van der Waals surface area (Å²) in [5.74, 6) is -0.528. The molecule has 5 rings (SSSR count). The lowest BCUT2D eigenvalue weighted by molar-refractivity contribution is -0.384. The molecule has 0 amide bonds. The molecule has 40 heavy (non-hydrogen) atoms. The van der Waals surface area contributed by atoms with Gasteiger partial charge in [0.25, 0.3) is 0 Å². The maximum atomic E-state index is 15.0. The Morgan fingerprint density at radius 3 is 2.60 bits per heavy atom. The monoisotopic (exact) mass is 549 g/mol. The van der Waals surface area contributed by atoms with E-state index in [-0.39, 0.29) is 34.8 Å². The maximum Gasteiger partial charge on any atom is 0.313 e. The van der Waals surface area contributed by atoms with Gasteiger partial charge in [0.1, 0.15) is 5.69 Å². The minimum atomic E-state index is -0.692. The van der Waals surface area contributed by atoms with Crippen LogP contribution in [0.25, 0.3) is 17.1 Å². The van der Waals surface area contributed by atoms with Gasteiger partial charge in [-0.05, 0) is 14.1 Å². The molecule has 1 N–H and O–H groups in total. The molecule has 0 atom stereocenters. The van der Waals surface area contributed by atoms with Crippen LogP contribution < -0.4 is 15.0 Å². The number of halogens is 1. The number of benzene rings is 1. The van der Waals surface area contributed by atoms with Crippen LogP contribution in [0, 0.1) is 15.9 Å². The quantitative estimate of drug-likeness (QED) is 0.243. The molecule has 1 aliphatic heterocycles. The normalized spacial score (nSPS) is 13.5. The van der Waals surface area contributed by atoms with Crippen molar-refractivity contribution in [1.29, 1.82) is 0 Å². The summed E-state index contributed by atoms with van der Waals surface area (Å²) in [5, 5.41) is 19.5. The summed E-state index contributed by atoms with van der Waals surface area (Å²) in [6.07, 6.45) is 2.73. The molecule has 13 nitrogen and oxygen atoms in total. The van der Waals surface area contributed by atoms with Crippen LogP contribution >= 0.6 is 0 Å². The van der Waals surface area contributed by atoms with Gasteiger partial charge in [0, 0.05) is 43.0 Å². The highest BCUT2D eigenvalue weighted by molar-refractivity contribution is 5.71. The highest BCUT2D eigenvalue weighted by Crippen LogP contribution is 2.36. The molecule has 0 aliphatic carbocycles. The number of anilines is 3. The Hall–Kier alpha value is -4.69. The van der Waals surface area contributed by atoms with Gasteiger partial charge in [0.2, 0.25) is 17.6 Å². The van der Waals surface area contributed by atoms with Gasteiger partial charge in [-0.15, -0.1) is 0 Å². The molecule has 1 aromatic carbocycles. The molecule has 1 saturated heterocycles. The number of morpholine rings is 1. The molecule has 0 unspecified atom stereocenters. The Kier molecular flexibility index (Phi) is 7.79. The van der Waals surface area contributed by atoms with Crippen LogP contribution in [-0.2, 0) is 11.3 Å². The Balaban J connectivity index is 1.51. The topological polar surface area (TPSA) is 137 Å². The highest BCUT2D eigenvalue weighted by atomic mass is 19.1. The lowest BCUT2D eigenvalue weighted by atomic mass is 10.1. The van der Waals surface area contributed by atoms with E-state index in [2.05, 4.69) is 25.4 Å². The first-order valence-electron chi connectivity index (χ1n) is 12.5. The average Bonchev–Trinajstić information content (AvgIpc) is 3.37. The summed E-state index contributed by atoms with van der Waals surface area (Å²) in [7, 11) is 5.27. The Morgan fingerprint density at radius 1 is 1.18 bits per heavy atom. The second-order valence-electron chi connectivity index (χ2n) is 9.29. The Labute approximate surface area is 229 Å². The van der Waals surface area contributed by atoms with Gasteiger partial charge in [-0.25, -0.2) is 14.1 Å². The van der Waals surface area contributed by atoms with E-state index in [0.29, 0.717) is 38.5 Å². The number of pyridine rings is 1. The molecule has 0 saturated carbocycles. The predicted molar refractivity (Wildman–Crippen MR) is 146 cm³/mol. The van der Waals surface area contributed by atoms with Crippen molar-refractivity contribution in [3.8, 4) is 23.0 Å². The molecule has 1 aliphatic rings. The average molecular weight is 550 g/mol. The summed E-state index contributed by atoms with van der Waals surface area (Å²) in [6.45, 7) is 2.35. The van der Waals surface area contributed by atoms with E-state index in [1.165, 1.54) is 17.9 Å². The van der Waals surface area contributed by atoms with Gasteiger partial charge >= 0.3 is 5.69 Å². The first kappa shape index (κ1) is 26.9. The highest BCUT2D eigenvalue weighted by Gasteiger charge is 2.27. The number of nitrogens with zero attached hydrogens (tertiary/aromatic N) is 8. The number of nitrogens with one attached hydrogen (secondary N) is 1. The number of methoxy groups -OCH3 is 1. The first-order chi connectivity index (χ1) is 19.3. The minimum Gasteiger partial charge on any atom is -0.479 e. The zero-order valence-corrected chi connectivity index (χ0v) is 22.2. The second-order valence-corrected chi connectivity index (χ2v) is 9.29. The van der Waals surface area contributed by atoms with E-state index >= 15 is 4.39 Å².